The fraction of sp³-hybridized carbons (Fsp3) is 0.571. The molecule has 1 aromatic rings. The summed E-state index contributed by atoms with van der Waals surface area (Å²) < 4.78 is 0. The lowest BCUT2D eigenvalue weighted by Gasteiger charge is -2.24. The Labute approximate surface area is 125 Å². The number of halogens is 1. The number of aromatic nitrogens is 1. The fourth-order valence-electron chi connectivity index (χ4n) is 2.08. The Morgan fingerprint density at radius 1 is 1.50 bits per heavy atom. The lowest BCUT2D eigenvalue weighted by molar-refractivity contribution is 0.0924. The molecule has 0 fully saturated rings. The normalized spacial score (nSPS) is 12.8. The van der Waals surface area contributed by atoms with Gasteiger partial charge < -0.3 is 16.0 Å². The van der Waals surface area contributed by atoms with E-state index in [2.05, 4.69) is 29.0 Å². The van der Waals surface area contributed by atoms with Gasteiger partial charge in [-0.3, -0.25) is 4.79 Å². The molecule has 1 unspecified atom stereocenters. The molecule has 5 nitrogen and oxygen atoms in total. The molecule has 1 amide bonds. The van der Waals surface area contributed by atoms with E-state index in [9.17, 15) is 4.79 Å². The van der Waals surface area contributed by atoms with E-state index in [1.807, 2.05) is 14.1 Å². The van der Waals surface area contributed by atoms with Crippen LogP contribution < -0.4 is 11.1 Å². The van der Waals surface area contributed by atoms with Gasteiger partial charge in [0.15, 0.2) is 0 Å². The number of amides is 1. The third-order valence-electron chi connectivity index (χ3n) is 2.80. The molecule has 1 heterocycles. The van der Waals surface area contributed by atoms with Crippen LogP contribution in [-0.4, -0.2) is 42.5 Å². The summed E-state index contributed by atoms with van der Waals surface area (Å²) in [7, 11) is 3.97. The molecule has 6 heteroatoms. The number of nitrogens with one attached hydrogen (secondary N) is 1. The Balaban J connectivity index is 2.81. The molecule has 0 saturated heterocycles. The van der Waals surface area contributed by atoms with Crippen LogP contribution in [0.15, 0.2) is 12.3 Å². The number of carbonyl (C=O) groups excluding carboxylic acids is 1. The first-order chi connectivity index (χ1) is 9.29. The van der Waals surface area contributed by atoms with Gasteiger partial charge in [-0.2, -0.15) is 0 Å². The van der Waals surface area contributed by atoms with Crippen molar-refractivity contribution in [3.8, 4) is 0 Å². The summed E-state index contributed by atoms with van der Waals surface area (Å²) in [5.74, 6) is 0.572. The predicted molar refractivity (Wildman–Crippen MR) is 82.9 cm³/mol. The third kappa shape index (κ3) is 5.35. The van der Waals surface area contributed by atoms with E-state index in [1.165, 1.54) is 12.3 Å². The summed E-state index contributed by atoms with van der Waals surface area (Å²) >= 11 is 6.00. The first-order valence-corrected chi connectivity index (χ1v) is 7.04. The minimum atomic E-state index is -0.211. The first kappa shape index (κ1) is 16.7. The average molecular weight is 299 g/mol. The van der Waals surface area contributed by atoms with Gasteiger partial charge >= 0.3 is 0 Å². The number of nitrogens with two attached hydrogens (primary N) is 1. The largest absolute Gasteiger partial charge is 0.384 e. The number of likely N-dealkylation sites (N-methyl/N-ethyl adjacent to an activating group) is 1. The molecule has 1 rings (SSSR count). The van der Waals surface area contributed by atoms with Crippen LogP contribution in [0, 0.1) is 5.92 Å². The smallest absolute Gasteiger partial charge is 0.253 e. The van der Waals surface area contributed by atoms with Gasteiger partial charge in [0.1, 0.15) is 5.82 Å². The summed E-state index contributed by atoms with van der Waals surface area (Å²) in [6.07, 6.45) is 2.30. The highest BCUT2D eigenvalue weighted by atomic mass is 35.5. The molecule has 0 aromatic carbocycles. The number of rotatable bonds is 6. The van der Waals surface area contributed by atoms with Crippen molar-refractivity contribution in [2.75, 3.05) is 26.4 Å². The molecule has 20 heavy (non-hydrogen) atoms. The van der Waals surface area contributed by atoms with Gasteiger partial charge in [-0.25, -0.2) is 4.98 Å². The van der Waals surface area contributed by atoms with Crippen molar-refractivity contribution in [3.63, 3.8) is 0 Å². The van der Waals surface area contributed by atoms with E-state index in [-0.39, 0.29) is 17.8 Å². The van der Waals surface area contributed by atoms with Crippen LogP contribution in [0.1, 0.15) is 30.6 Å². The number of hydrogen-bond donors (Lipinski definition) is 2. The zero-order chi connectivity index (χ0) is 15.3. The second-order valence-electron chi connectivity index (χ2n) is 5.65. The highest BCUT2D eigenvalue weighted by molar-refractivity contribution is 6.33. The minimum Gasteiger partial charge on any atom is -0.384 e. The number of carbonyl (C=O) groups is 1. The molecule has 1 atom stereocenters. The van der Waals surface area contributed by atoms with Gasteiger partial charge in [0.2, 0.25) is 0 Å². The van der Waals surface area contributed by atoms with Crippen molar-refractivity contribution >= 4 is 23.3 Å². The van der Waals surface area contributed by atoms with Crippen molar-refractivity contribution in [3.05, 3.63) is 22.8 Å². The number of nitrogen functional groups attached to an aromatic ring is 1. The number of anilines is 1. The van der Waals surface area contributed by atoms with Gasteiger partial charge in [-0.05, 0) is 32.5 Å². The topological polar surface area (TPSA) is 71.2 Å². The minimum absolute atomic E-state index is 0.0722. The summed E-state index contributed by atoms with van der Waals surface area (Å²) in [4.78, 5) is 18.2. The second-order valence-corrected chi connectivity index (χ2v) is 6.06. The van der Waals surface area contributed by atoms with E-state index < -0.39 is 0 Å². The first-order valence-electron chi connectivity index (χ1n) is 6.66. The number of nitrogens with zero attached hydrogens (tertiary/aromatic N) is 2. The van der Waals surface area contributed by atoms with Crippen LogP contribution in [0.2, 0.25) is 5.02 Å². The van der Waals surface area contributed by atoms with Crippen LogP contribution in [0.25, 0.3) is 0 Å². The molecule has 1 aromatic heterocycles. The summed E-state index contributed by atoms with van der Waals surface area (Å²) in [5, 5.41) is 3.33. The van der Waals surface area contributed by atoms with Gasteiger partial charge in [-0.15, -0.1) is 0 Å². The molecule has 0 saturated carbocycles. The highest BCUT2D eigenvalue weighted by Crippen LogP contribution is 2.17. The zero-order valence-electron chi connectivity index (χ0n) is 12.5. The number of hydrogen-bond acceptors (Lipinski definition) is 4. The molecule has 112 valence electrons. The van der Waals surface area contributed by atoms with Gasteiger partial charge in [0.25, 0.3) is 5.91 Å². The summed E-state index contributed by atoms with van der Waals surface area (Å²) in [5.41, 5.74) is 5.97. The van der Waals surface area contributed by atoms with E-state index in [4.69, 9.17) is 17.3 Å². The lowest BCUT2D eigenvalue weighted by Crippen LogP contribution is -2.42. The van der Waals surface area contributed by atoms with Crippen LogP contribution in [-0.2, 0) is 0 Å². The maximum Gasteiger partial charge on any atom is 0.253 e. The molecule has 0 aliphatic heterocycles. The van der Waals surface area contributed by atoms with E-state index >= 15 is 0 Å². The molecular formula is C14H23ClN4O. The van der Waals surface area contributed by atoms with E-state index in [1.54, 1.807) is 0 Å². The third-order valence-corrected chi connectivity index (χ3v) is 3.10. The van der Waals surface area contributed by atoms with Crippen LogP contribution in [0.5, 0.6) is 0 Å². The molecule has 3 N–H and O–H groups in total. The Kier molecular flexibility index (Phi) is 6.23. The van der Waals surface area contributed by atoms with Crippen molar-refractivity contribution in [1.82, 2.24) is 15.2 Å². The molecule has 0 spiro atoms. The Morgan fingerprint density at radius 2 is 2.15 bits per heavy atom. The molecule has 0 aliphatic carbocycles. The SMILES string of the molecule is CC(C)CC(CN(C)C)NC(=O)c1cc(N)ncc1Cl. The fourth-order valence-corrected chi connectivity index (χ4v) is 2.27. The Bertz CT molecular complexity index is 452. The Hall–Kier alpha value is -1.33. The predicted octanol–water partition coefficient (Wildman–Crippen LogP) is 2.02. The quantitative estimate of drug-likeness (QED) is 0.843. The van der Waals surface area contributed by atoms with Crippen molar-refractivity contribution in [2.24, 2.45) is 5.92 Å². The summed E-state index contributed by atoms with van der Waals surface area (Å²) in [6.45, 7) is 5.04. The number of pyridine rings is 1. The standard InChI is InChI=1S/C14H23ClN4O/c1-9(2)5-10(8-19(3)4)18-14(20)11-6-13(16)17-7-12(11)15/h6-7,9-10H,5,8H2,1-4H3,(H2,16,17)(H,18,20). The van der Waals surface area contributed by atoms with Crippen molar-refractivity contribution in [1.29, 1.82) is 0 Å². The van der Waals surface area contributed by atoms with E-state index in [0.29, 0.717) is 16.5 Å². The zero-order valence-corrected chi connectivity index (χ0v) is 13.2. The molecular weight excluding hydrogens is 276 g/mol. The van der Waals surface area contributed by atoms with Gasteiger partial charge in [0.05, 0.1) is 10.6 Å². The second kappa shape index (κ2) is 7.45. The monoisotopic (exact) mass is 298 g/mol. The van der Waals surface area contributed by atoms with Crippen molar-refractivity contribution in [2.45, 2.75) is 26.3 Å². The van der Waals surface area contributed by atoms with Gasteiger partial charge in [0, 0.05) is 18.8 Å². The maximum atomic E-state index is 12.3. The summed E-state index contributed by atoms with van der Waals surface area (Å²) in [6, 6.07) is 1.57. The van der Waals surface area contributed by atoms with Gasteiger partial charge in [-0.1, -0.05) is 25.4 Å². The van der Waals surface area contributed by atoms with Crippen molar-refractivity contribution < 1.29 is 4.79 Å². The molecule has 0 bridgehead atoms. The van der Waals surface area contributed by atoms with Crippen LogP contribution in [0.4, 0.5) is 5.82 Å². The lowest BCUT2D eigenvalue weighted by atomic mass is 10.0. The average Bonchev–Trinajstić information content (AvgIpc) is 2.30. The van der Waals surface area contributed by atoms with Crippen LogP contribution in [0.3, 0.4) is 0 Å². The molecule has 0 radical (unpaired) electrons. The van der Waals surface area contributed by atoms with E-state index in [0.717, 1.165) is 13.0 Å². The van der Waals surface area contributed by atoms with Crippen LogP contribution >= 0.6 is 11.6 Å². The highest BCUT2D eigenvalue weighted by Gasteiger charge is 2.18. The molecule has 0 aliphatic rings. The Morgan fingerprint density at radius 3 is 2.70 bits per heavy atom. The maximum absolute atomic E-state index is 12.3.